The number of hydrogen-bond donors (Lipinski definition) is 0. The highest BCUT2D eigenvalue weighted by Gasteiger charge is 2.62. The standard InChI is InChI=1S/C32H30B2O2P2/c33-37(24-13-5-1-6-14-24,25-15-7-2-8-16-25)23-29-28-21-32(35)36-30(28)22-31(29)38(34,26-17-9-3-10-18-26)27-19-11-4-12-20-27/h1-20,28-31H,21-23H2/q+2/t28-,29-,30+,31+/m1/s1. The normalized spacial score (nSPS) is 23.1. The van der Waals surface area contributed by atoms with Gasteiger partial charge in [0.2, 0.25) is 0 Å². The predicted molar refractivity (Wildman–Crippen MR) is 164 cm³/mol. The molecule has 4 aromatic rings. The molecule has 0 unspecified atom stereocenters. The molecule has 1 saturated carbocycles. The Kier molecular flexibility index (Phi) is 7.07. The van der Waals surface area contributed by atoms with E-state index >= 15 is 0 Å². The summed E-state index contributed by atoms with van der Waals surface area (Å²) in [5.74, 6) is 0.186. The molecular formula is C32H30B2O2P2+2. The summed E-state index contributed by atoms with van der Waals surface area (Å²) in [6, 6.07) is 42.2. The number of rotatable bonds is 7. The van der Waals surface area contributed by atoms with Crippen LogP contribution in [0.3, 0.4) is 0 Å². The highest BCUT2D eigenvalue weighted by atomic mass is 31.2. The Morgan fingerprint density at radius 2 is 1.08 bits per heavy atom. The lowest BCUT2D eigenvalue weighted by atomic mass is 9.95. The fourth-order valence-corrected chi connectivity index (χ4v) is 14.0. The van der Waals surface area contributed by atoms with Gasteiger partial charge in [-0.05, 0) is 48.5 Å². The predicted octanol–water partition coefficient (Wildman–Crippen LogP) is 4.81. The van der Waals surface area contributed by atoms with Gasteiger partial charge in [-0.1, -0.05) is 72.8 Å². The molecule has 4 aromatic carbocycles. The van der Waals surface area contributed by atoms with E-state index in [1.165, 1.54) is 21.2 Å². The van der Waals surface area contributed by atoms with Gasteiger partial charge < -0.3 is 4.74 Å². The van der Waals surface area contributed by atoms with E-state index in [-0.39, 0.29) is 29.6 Å². The fraction of sp³-hybridized carbons (Fsp3) is 0.219. The van der Waals surface area contributed by atoms with Gasteiger partial charge in [-0.25, -0.2) is 0 Å². The molecule has 0 amide bonds. The molecule has 2 fully saturated rings. The molecule has 4 radical (unpaired) electrons. The van der Waals surface area contributed by atoms with Gasteiger partial charge in [-0.2, -0.15) is 0 Å². The fourth-order valence-electron chi connectivity index (χ4n) is 6.66. The number of ether oxygens (including phenoxy) is 1. The first-order valence-electron chi connectivity index (χ1n) is 13.3. The second-order valence-corrected chi connectivity index (χ2v) is 16.9. The summed E-state index contributed by atoms with van der Waals surface area (Å²) < 4.78 is 5.93. The van der Waals surface area contributed by atoms with Crippen LogP contribution in [0.5, 0.6) is 0 Å². The number of fused-ring (bicyclic) bond motifs is 1. The van der Waals surface area contributed by atoms with E-state index in [1.54, 1.807) is 0 Å². The lowest BCUT2D eigenvalue weighted by Crippen LogP contribution is -2.39. The van der Waals surface area contributed by atoms with E-state index < -0.39 is 14.3 Å². The van der Waals surface area contributed by atoms with Crippen molar-refractivity contribution in [3.05, 3.63) is 121 Å². The van der Waals surface area contributed by atoms with Gasteiger partial charge in [0, 0.05) is 32.5 Å². The van der Waals surface area contributed by atoms with Crippen LogP contribution in [0.1, 0.15) is 12.8 Å². The summed E-state index contributed by atoms with van der Waals surface area (Å²) in [5.41, 5.74) is 0.158. The molecular weight excluding hydrogens is 500 g/mol. The topological polar surface area (TPSA) is 26.3 Å². The van der Waals surface area contributed by atoms with Crippen LogP contribution in [0.25, 0.3) is 0 Å². The van der Waals surface area contributed by atoms with Gasteiger partial charge in [0.1, 0.15) is 6.10 Å². The molecule has 2 nitrogen and oxygen atoms in total. The van der Waals surface area contributed by atoms with Crippen molar-refractivity contribution in [3.8, 4) is 0 Å². The lowest BCUT2D eigenvalue weighted by molar-refractivity contribution is -0.141. The smallest absolute Gasteiger partial charge is 0.377 e. The SMILES string of the molecule is [B][P+](C[C@@H]1[C@H]2CC(=O)O[C@H]2C[C@@H]1[P+]([B])(c1ccccc1)c1ccccc1)(c1ccccc1)c1ccccc1. The van der Waals surface area contributed by atoms with Crippen molar-refractivity contribution in [3.63, 3.8) is 0 Å². The van der Waals surface area contributed by atoms with Gasteiger partial charge >= 0.3 is 21.1 Å². The maximum Gasteiger partial charge on any atom is 0.377 e. The molecule has 184 valence electrons. The molecule has 1 aliphatic carbocycles. The Labute approximate surface area is 229 Å². The Morgan fingerprint density at radius 3 is 1.53 bits per heavy atom. The monoisotopic (exact) mass is 530 g/mol. The zero-order chi connectivity index (χ0) is 26.2. The van der Waals surface area contributed by atoms with Gasteiger partial charge in [0.15, 0.2) is 0 Å². The van der Waals surface area contributed by atoms with E-state index in [4.69, 9.17) is 19.9 Å². The molecule has 0 N–H and O–H groups in total. The molecule has 4 atom stereocenters. The molecule has 1 aliphatic heterocycles. The molecule has 0 spiro atoms. The minimum absolute atomic E-state index is 0.0933. The van der Waals surface area contributed by atoms with E-state index in [0.717, 1.165) is 12.6 Å². The quantitative estimate of drug-likeness (QED) is 0.195. The minimum Gasteiger partial charge on any atom is -0.462 e. The molecule has 1 saturated heterocycles. The highest BCUT2D eigenvalue weighted by Crippen LogP contribution is 2.68. The van der Waals surface area contributed by atoms with Crippen molar-refractivity contribution in [1.82, 2.24) is 0 Å². The van der Waals surface area contributed by atoms with Crippen molar-refractivity contribution in [2.45, 2.75) is 24.6 Å². The minimum atomic E-state index is -2.35. The van der Waals surface area contributed by atoms with E-state index in [0.29, 0.717) is 6.42 Å². The molecule has 1 heterocycles. The summed E-state index contributed by atoms with van der Waals surface area (Å²) in [5, 5.41) is 4.73. The number of carbonyl (C=O) groups is 1. The summed E-state index contributed by atoms with van der Waals surface area (Å²) in [6.45, 7) is 0. The van der Waals surface area contributed by atoms with Crippen LogP contribution in [0.2, 0.25) is 0 Å². The molecule has 0 aromatic heterocycles. The van der Waals surface area contributed by atoms with Crippen molar-refractivity contribution < 1.29 is 9.53 Å². The Bertz CT molecular complexity index is 1310. The first kappa shape index (κ1) is 25.6. The molecule has 0 bridgehead atoms. The largest absolute Gasteiger partial charge is 0.462 e. The van der Waals surface area contributed by atoms with Crippen molar-refractivity contribution in [1.29, 1.82) is 0 Å². The number of carbonyl (C=O) groups excluding carboxylic acids is 1. The third-order valence-corrected chi connectivity index (χ3v) is 15.9. The maximum atomic E-state index is 12.5. The first-order chi connectivity index (χ1) is 18.5. The van der Waals surface area contributed by atoms with E-state index in [1.807, 2.05) is 24.3 Å². The molecule has 6 heteroatoms. The van der Waals surface area contributed by atoms with Gasteiger partial charge in [0.25, 0.3) is 0 Å². The van der Waals surface area contributed by atoms with Crippen molar-refractivity contribution in [2.75, 3.05) is 6.16 Å². The van der Waals surface area contributed by atoms with Crippen LogP contribution < -0.4 is 21.2 Å². The van der Waals surface area contributed by atoms with Crippen molar-refractivity contribution in [2.24, 2.45) is 11.8 Å². The molecule has 2 aliphatic rings. The van der Waals surface area contributed by atoms with Gasteiger partial charge in [0.05, 0.1) is 39.5 Å². The van der Waals surface area contributed by atoms with E-state index in [9.17, 15) is 4.79 Å². The van der Waals surface area contributed by atoms with Crippen LogP contribution in [-0.4, -0.2) is 39.0 Å². The van der Waals surface area contributed by atoms with Gasteiger partial charge in [-0.15, -0.1) is 0 Å². The second-order valence-electron chi connectivity index (χ2n) is 10.5. The second kappa shape index (κ2) is 10.5. The number of hydrogen-bond acceptors (Lipinski definition) is 2. The van der Waals surface area contributed by atoms with Gasteiger partial charge in [-0.3, -0.25) is 4.79 Å². The average molecular weight is 530 g/mol. The third kappa shape index (κ3) is 4.47. The Balaban J connectivity index is 1.50. The number of benzene rings is 4. The maximum absolute atomic E-state index is 12.5. The summed E-state index contributed by atoms with van der Waals surface area (Å²) in [6.07, 6.45) is 1.91. The van der Waals surface area contributed by atoms with E-state index in [2.05, 4.69) is 97.1 Å². The number of esters is 1. The van der Waals surface area contributed by atoms with Crippen LogP contribution in [0.15, 0.2) is 121 Å². The molecule has 38 heavy (non-hydrogen) atoms. The lowest BCUT2D eigenvalue weighted by Gasteiger charge is -2.36. The van der Waals surface area contributed by atoms with Crippen LogP contribution in [-0.2, 0) is 9.53 Å². The first-order valence-corrected chi connectivity index (χ1v) is 17.2. The zero-order valence-corrected chi connectivity index (χ0v) is 23.1. The molecule has 6 rings (SSSR count). The van der Waals surface area contributed by atoms with Crippen LogP contribution in [0.4, 0.5) is 0 Å². The Morgan fingerprint density at radius 1 is 0.658 bits per heavy atom. The summed E-state index contributed by atoms with van der Waals surface area (Å²) >= 11 is 0. The van der Waals surface area contributed by atoms with Crippen molar-refractivity contribution >= 4 is 56.6 Å². The average Bonchev–Trinajstić information content (AvgIpc) is 3.51. The summed E-state index contributed by atoms with van der Waals surface area (Å²) in [7, 11) is 10.7. The van der Waals surface area contributed by atoms with Crippen LogP contribution in [0, 0.1) is 11.8 Å². The highest BCUT2D eigenvalue weighted by molar-refractivity contribution is 8.09. The van der Waals surface area contributed by atoms with Crippen LogP contribution >= 0.6 is 14.3 Å². The Hall–Kier alpha value is -2.66. The summed E-state index contributed by atoms with van der Waals surface area (Å²) in [4.78, 5) is 12.5. The third-order valence-electron chi connectivity index (χ3n) is 8.50. The zero-order valence-electron chi connectivity index (χ0n) is 21.3.